The smallest absolute Gasteiger partial charge is 0.347 e. The van der Waals surface area contributed by atoms with E-state index in [4.69, 9.17) is 9.84 Å². The minimum atomic E-state index is -1.05. The first-order valence-corrected chi connectivity index (χ1v) is 8.88. The van der Waals surface area contributed by atoms with Crippen LogP contribution < -0.4 is 4.74 Å². The number of aromatic carboxylic acids is 1. The van der Waals surface area contributed by atoms with Gasteiger partial charge in [-0.1, -0.05) is 26.2 Å². The van der Waals surface area contributed by atoms with Crippen LogP contribution in [0.3, 0.4) is 0 Å². The van der Waals surface area contributed by atoms with E-state index in [1.807, 2.05) is 0 Å². The van der Waals surface area contributed by atoms with Gasteiger partial charge >= 0.3 is 11.7 Å². The van der Waals surface area contributed by atoms with Crippen LogP contribution in [-0.4, -0.2) is 27.6 Å². The van der Waals surface area contributed by atoms with Gasteiger partial charge in [-0.2, -0.15) is 0 Å². The molecule has 8 heteroatoms. The Hall–Kier alpha value is -2.48. The molecule has 7 nitrogen and oxygen atoms in total. The van der Waals surface area contributed by atoms with E-state index in [1.54, 1.807) is 19.1 Å². The molecule has 2 aromatic rings. The minimum absolute atomic E-state index is 0.133. The maximum Gasteiger partial charge on any atom is 0.347 e. The molecular formula is C17H20N2O5S. The Labute approximate surface area is 149 Å². The Balaban J connectivity index is 2.22. The lowest BCUT2D eigenvalue weighted by Crippen LogP contribution is -2.01. The van der Waals surface area contributed by atoms with Gasteiger partial charge in [0.1, 0.15) is 9.88 Å². The van der Waals surface area contributed by atoms with Gasteiger partial charge < -0.3 is 9.84 Å². The number of aromatic nitrogens is 1. The first-order chi connectivity index (χ1) is 11.9. The number of carboxylic acid groups (broad SMARTS) is 1. The summed E-state index contributed by atoms with van der Waals surface area (Å²) in [5.41, 5.74) is 0.759. The number of nitro benzene ring substituents is 1. The van der Waals surface area contributed by atoms with Crippen LogP contribution in [0.15, 0.2) is 18.2 Å². The molecule has 0 spiro atoms. The summed E-state index contributed by atoms with van der Waals surface area (Å²) in [4.78, 5) is 26.3. The molecule has 25 heavy (non-hydrogen) atoms. The number of ether oxygens (including phenoxy) is 1. The Morgan fingerprint density at radius 1 is 1.36 bits per heavy atom. The molecule has 1 N–H and O–H groups in total. The number of aryl methyl sites for hydroxylation is 1. The largest absolute Gasteiger partial charge is 0.487 e. The van der Waals surface area contributed by atoms with E-state index in [0.717, 1.165) is 37.0 Å². The zero-order valence-corrected chi connectivity index (χ0v) is 15.0. The predicted molar refractivity (Wildman–Crippen MR) is 95.5 cm³/mol. The summed E-state index contributed by atoms with van der Waals surface area (Å²) in [6.07, 6.45) is 4.10. The fourth-order valence-electron chi connectivity index (χ4n) is 2.34. The zero-order valence-electron chi connectivity index (χ0n) is 14.2. The third kappa shape index (κ3) is 4.76. The summed E-state index contributed by atoms with van der Waals surface area (Å²) in [6.45, 7) is 4.14. The standard InChI is InChI=1S/C17H20N2O5S/c1-3-4-5-6-9-24-14-8-7-12(10-13(14)19(22)23)16-18-11(2)15(25-16)17(20)21/h7-8,10H,3-6,9H2,1-2H3,(H,20,21). The number of benzene rings is 1. The molecule has 0 aliphatic carbocycles. The first-order valence-electron chi connectivity index (χ1n) is 8.06. The molecular weight excluding hydrogens is 344 g/mol. The van der Waals surface area contributed by atoms with Crippen LogP contribution in [0.1, 0.15) is 48.0 Å². The molecule has 0 amide bonds. The number of carbonyl (C=O) groups is 1. The van der Waals surface area contributed by atoms with E-state index in [0.29, 0.717) is 22.9 Å². The molecule has 0 aliphatic rings. The van der Waals surface area contributed by atoms with Gasteiger partial charge in [0.2, 0.25) is 0 Å². The van der Waals surface area contributed by atoms with Crippen LogP contribution in [0.4, 0.5) is 5.69 Å². The molecule has 1 aromatic carbocycles. The Kier molecular flexibility index (Phi) is 6.46. The highest BCUT2D eigenvalue weighted by Crippen LogP contribution is 2.35. The van der Waals surface area contributed by atoms with Crippen LogP contribution in [0.5, 0.6) is 5.75 Å². The number of rotatable bonds is 9. The van der Waals surface area contributed by atoms with Crippen LogP contribution in [0, 0.1) is 17.0 Å². The fraction of sp³-hybridized carbons (Fsp3) is 0.412. The fourth-order valence-corrected chi connectivity index (χ4v) is 3.25. The molecule has 2 rings (SSSR count). The summed E-state index contributed by atoms with van der Waals surface area (Å²) in [7, 11) is 0. The molecule has 0 unspecified atom stereocenters. The molecule has 1 heterocycles. The van der Waals surface area contributed by atoms with E-state index in [-0.39, 0.29) is 16.3 Å². The van der Waals surface area contributed by atoms with Gasteiger partial charge in [0.25, 0.3) is 0 Å². The topological polar surface area (TPSA) is 103 Å². The van der Waals surface area contributed by atoms with Crippen molar-refractivity contribution < 1.29 is 19.6 Å². The van der Waals surface area contributed by atoms with Gasteiger partial charge in [0.15, 0.2) is 5.75 Å². The van der Waals surface area contributed by atoms with Crippen molar-refractivity contribution >= 4 is 23.0 Å². The molecule has 0 fully saturated rings. The molecule has 0 aliphatic heterocycles. The second-order valence-corrected chi connectivity index (χ2v) is 6.59. The lowest BCUT2D eigenvalue weighted by atomic mass is 10.2. The Bertz CT molecular complexity index is 772. The van der Waals surface area contributed by atoms with Crippen LogP contribution in [-0.2, 0) is 0 Å². The summed E-state index contributed by atoms with van der Waals surface area (Å²) >= 11 is 1.000. The van der Waals surface area contributed by atoms with Gasteiger partial charge in [0, 0.05) is 11.6 Å². The SMILES string of the molecule is CCCCCCOc1ccc(-c2nc(C)c(C(=O)O)s2)cc1[N+](=O)[O-]. The van der Waals surface area contributed by atoms with Crippen LogP contribution >= 0.6 is 11.3 Å². The highest BCUT2D eigenvalue weighted by Gasteiger charge is 2.20. The Morgan fingerprint density at radius 2 is 2.12 bits per heavy atom. The van der Waals surface area contributed by atoms with Crippen molar-refractivity contribution in [1.82, 2.24) is 4.98 Å². The maximum atomic E-state index is 11.3. The maximum absolute atomic E-state index is 11.3. The van der Waals surface area contributed by atoms with E-state index in [2.05, 4.69) is 11.9 Å². The molecule has 0 radical (unpaired) electrons. The molecule has 0 atom stereocenters. The van der Waals surface area contributed by atoms with Crippen molar-refractivity contribution in [3.8, 4) is 16.3 Å². The number of unbranched alkanes of at least 4 members (excludes halogenated alkanes) is 3. The lowest BCUT2D eigenvalue weighted by Gasteiger charge is -2.07. The van der Waals surface area contributed by atoms with Crippen molar-refractivity contribution in [3.63, 3.8) is 0 Å². The number of nitrogens with zero attached hydrogens (tertiary/aromatic N) is 2. The Morgan fingerprint density at radius 3 is 2.72 bits per heavy atom. The quantitative estimate of drug-likeness (QED) is 0.393. The molecule has 1 aromatic heterocycles. The van der Waals surface area contributed by atoms with Gasteiger partial charge in [-0.3, -0.25) is 10.1 Å². The van der Waals surface area contributed by atoms with Crippen molar-refractivity contribution in [2.45, 2.75) is 39.5 Å². The highest BCUT2D eigenvalue weighted by atomic mass is 32.1. The van der Waals surface area contributed by atoms with Gasteiger partial charge in [-0.25, -0.2) is 9.78 Å². The van der Waals surface area contributed by atoms with E-state index in [9.17, 15) is 14.9 Å². The van der Waals surface area contributed by atoms with Crippen LogP contribution in [0.25, 0.3) is 10.6 Å². The van der Waals surface area contributed by atoms with Gasteiger partial charge in [-0.05, 0) is 25.5 Å². The average molecular weight is 364 g/mol. The minimum Gasteiger partial charge on any atom is -0.487 e. The predicted octanol–water partition coefficient (Wildman–Crippen LogP) is 4.68. The summed E-state index contributed by atoms with van der Waals surface area (Å²) in [5, 5.41) is 20.9. The number of hydrogen-bond donors (Lipinski definition) is 1. The van der Waals surface area contributed by atoms with Crippen LogP contribution in [0.2, 0.25) is 0 Å². The van der Waals surface area contributed by atoms with E-state index >= 15 is 0 Å². The second kappa shape index (κ2) is 8.57. The zero-order chi connectivity index (χ0) is 18.4. The highest BCUT2D eigenvalue weighted by molar-refractivity contribution is 7.17. The third-order valence-electron chi connectivity index (χ3n) is 3.65. The lowest BCUT2D eigenvalue weighted by molar-refractivity contribution is -0.385. The van der Waals surface area contributed by atoms with Crippen molar-refractivity contribution in [2.24, 2.45) is 0 Å². The van der Waals surface area contributed by atoms with E-state index in [1.165, 1.54) is 6.07 Å². The number of thiazole rings is 1. The molecule has 0 saturated heterocycles. The van der Waals surface area contributed by atoms with Gasteiger partial charge in [0.05, 0.1) is 17.2 Å². The molecule has 0 saturated carbocycles. The number of hydrogen-bond acceptors (Lipinski definition) is 6. The molecule has 0 bridgehead atoms. The summed E-state index contributed by atoms with van der Waals surface area (Å²) < 4.78 is 5.55. The first kappa shape index (κ1) is 18.9. The second-order valence-electron chi connectivity index (χ2n) is 5.59. The number of nitro groups is 1. The van der Waals surface area contributed by atoms with Crippen molar-refractivity contribution in [2.75, 3.05) is 6.61 Å². The summed E-state index contributed by atoms with van der Waals surface area (Å²) in [6, 6.07) is 4.59. The average Bonchev–Trinajstić information content (AvgIpc) is 2.96. The van der Waals surface area contributed by atoms with Crippen molar-refractivity contribution in [3.05, 3.63) is 38.9 Å². The molecule has 134 valence electrons. The van der Waals surface area contributed by atoms with Gasteiger partial charge in [-0.15, -0.1) is 11.3 Å². The summed E-state index contributed by atoms with van der Waals surface area (Å²) in [5.74, 6) is -0.834. The number of carboxylic acids is 1. The normalized spacial score (nSPS) is 10.6. The monoisotopic (exact) mass is 364 g/mol. The van der Waals surface area contributed by atoms with E-state index < -0.39 is 10.9 Å². The third-order valence-corrected chi connectivity index (χ3v) is 4.84. The van der Waals surface area contributed by atoms with Crippen molar-refractivity contribution in [1.29, 1.82) is 0 Å².